The van der Waals surface area contributed by atoms with Crippen molar-refractivity contribution in [3.8, 4) is 0 Å². The summed E-state index contributed by atoms with van der Waals surface area (Å²) in [6.45, 7) is 11.9. The third-order valence-corrected chi connectivity index (χ3v) is 4.31. The Labute approximate surface area is 123 Å². The van der Waals surface area contributed by atoms with Gasteiger partial charge in [-0.1, -0.05) is 13.8 Å². The van der Waals surface area contributed by atoms with Crippen molar-refractivity contribution in [1.82, 2.24) is 10.2 Å². The molecule has 2 rings (SSSR count). The van der Waals surface area contributed by atoms with E-state index in [0.29, 0.717) is 24.5 Å². The largest absolute Gasteiger partial charge is 0.465 e. The number of hydrogen-bond donors (Lipinski definition) is 1. The molecule has 1 aliphatic carbocycles. The molecule has 4 heteroatoms. The monoisotopic (exact) mass is 282 g/mol. The number of piperidine rings is 1. The molecule has 3 unspecified atom stereocenters. The second kappa shape index (κ2) is 6.44. The van der Waals surface area contributed by atoms with Crippen LogP contribution in [0, 0.1) is 11.8 Å². The van der Waals surface area contributed by atoms with Crippen molar-refractivity contribution >= 4 is 5.97 Å². The van der Waals surface area contributed by atoms with Gasteiger partial charge in [0.1, 0.15) is 5.54 Å². The molecule has 1 heterocycles. The van der Waals surface area contributed by atoms with Crippen molar-refractivity contribution in [3.05, 3.63) is 0 Å². The zero-order valence-electron chi connectivity index (χ0n) is 13.4. The molecular weight excluding hydrogens is 252 g/mol. The van der Waals surface area contributed by atoms with Crippen molar-refractivity contribution in [1.29, 1.82) is 0 Å². The second-order valence-electron chi connectivity index (χ2n) is 7.11. The predicted molar refractivity (Wildman–Crippen MR) is 80.6 cm³/mol. The number of likely N-dealkylation sites (tertiary alicyclic amines) is 1. The SMILES string of the molecule is CCOC(=O)C(C)(CN1CC(C)CC(C)C1)NC1CC1. The minimum atomic E-state index is -0.562. The molecule has 0 aromatic rings. The van der Waals surface area contributed by atoms with E-state index >= 15 is 0 Å². The Morgan fingerprint density at radius 2 is 1.90 bits per heavy atom. The van der Waals surface area contributed by atoms with Gasteiger partial charge in [-0.15, -0.1) is 0 Å². The van der Waals surface area contributed by atoms with Crippen LogP contribution in [0.3, 0.4) is 0 Å². The van der Waals surface area contributed by atoms with Crippen LogP contribution in [0.5, 0.6) is 0 Å². The summed E-state index contributed by atoms with van der Waals surface area (Å²) < 4.78 is 5.30. The summed E-state index contributed by atoms with van der Waals surface area (Å²) in [5.74, 6) is 1.33. The summed E-state index contributed by atoms with van der Waals surface area (Å²) in [7, 11) is 0. The summed E-state index contributed by atoms with van der Waals surface area (Å²) in [5, 5.41) is 3.51. The zero-order valence-corrected chi connectivity index (χ0v) is 13.4. The molecule has 0 bridgehead atoms. The van der Waals surface area contributed by atoms with Gasteiger partial charge in [0, 0.05) is 25.7 Å². The molecule has 2 fully saturated rings. The lowest BCUT2D eigenvalue weighted by atomic mass is 9.90. The number of esters is 1. The topological polar surface area (TPSA) is 41.6 Å². The van der Waals surface area contributed by atoms with Gasteiger partial charge in [0.05, 0.1) is 6.61 Å². The van der Waals surface area contributed by atoms with Gasteiger partial charge >= 0.3 is 5.97 Å². The first-order valence-corrected chi connectivity index (χ1v) is 8.10. The molecule has 1 aliphatic heterocycles. The van der Waals surface area contributed by atoms with E-state index < -0.39 is 5.54 Å². The predicted octanol–water partition coefficient (Wildman–Crippen LogP) is 2.04. The fraction of sp³-hybridized carbons (Fsp3) is 0.938. The number of nitrogens with one attached hydrogen (secondary N) is 1. The summed E-state index contributed by atoms with van der Waals surface area (Å²) in [6, 6.07) is 0.504. The minimum absolute atomic E-state index is 0.0993. The number of ether oxygens (including phenoxy) is 1. The van der Waals surface area contributed by atoms with Gasteiger partial charge in [0.25, 0.3) is 0 Å². The Balaban J connectivity index is 2.00. The lowest BCUT2D eigenvalue weighted by molar-refractivity contribution is -0.151. The lowest BCUT2D eigenvalue weighted by Gasteiger charge is -2.40. The molecule has 0 radical (unpaired) electrons. The minimum Gasteiger partial charge on any atom is -0.465 e. The maximum atomic E-state index is 12.4. The van der Waals surface area contributed by atoms with Gasteiger partial charge in [-0.3, -0.25) is 10.1 Å². The number of nitrogens with zero attached hydrogens (tertiary/aromatic N) is 1. The highest BCUT2D eigenvalue weighted by Crippen LogP contribution is 2.26. The molecule has 116 valence electrons. The van der Waals surface area contributed by atoms with Gasteiger partial charge in [-0.05, 0) is 44.9 Å². The van der Waals surface area contributed by atoms with Crippen LogP contribution >= 0.6 is 0 Å². The fourth-order valence-electron chi connectivity index (χ4n) is 3.51. The van der Waals surface area contributed by atoms with E-state index in [9.17, 15) is 4.79 Å². The standard InChI is InChI=1S/C16H30N2O2/c1-5-20-15(19)16(4,17-14-6-7-14)11-18-9-12(2)8-13(3)10-18/h12-14,17H,5-11H2,1-4H3. The Bertz CT molecular complexity index is 333. The van der Waals surface area contributed by atoms with Crippen molar-refractivity contribution in [3.63, 3.8) is 0 Å². The maximum Gasteiger partial charge on any atom is 0.327 e. The number of hydrogen-bond acceptors (Lipinski definition) is 4. The van der Waals surface area contributed by atoms with Crippen LogP contribution in [0.25, 0.3) is 0 Å². The van der Waals surface area contributed by atoms with Crippen LogP contribution in [0.4, 0.5) is 0 Å². The van der Waals surface area contributed by atoms with Crippen LogP contribution < -0.4 is 5.32 Å². The third kappa shape index (κ3) is 4.19. The quantitative estimate of drug-likeness (QED) is 0.757. The molecule has 4 nitrogen and oxygen atoms in total. The molecular formula is C16H30N2O2. The molecule has 0 aromatic carbocycles. The van der Waals surface area contributed by atoms with Crippen molar-refractivity contribution in [2.75, 3.05) is 26.2 Å². The summed E-state index contributed by atoms with van der Waals surface area (Å²) in [5.41, 5.74) is -0.562. The number of carbonyl (C=O) groups is 1. The average Bonchev–Trinajstić information content (AvgIpc) is 3.11. The van der Waals surface area contributed by atoms with Crippen LogP contribution in [0.1, 0.15) is 47.0 Å². The van der Waals surface area contributed by atoms with E-state index in [-0.39, 0.29) is 5.97 Å². The van der Waals surface area contributed by atoms with Crippen LogP contribution in [-0.2, 0) is 9.53 Å². The van der Waals surface area contributed by atoms with Gasteiger partial charge in [0.15, 0.2) is 0 Å². The molecule has 1 saturated carbocycles. The van der Waals surface area contributed by atoms with Crippen LogP contribution in [-0.4, -0.2) is 48.7 Å². The van der Waals surface area contributed by atoms with Gasteiger partial charge < -0.3 is 9.64 Å². The molecule has 3 atom stereocenters. The van der Waals surface area contributed by atoms with E-state index in [1.807, 2.05) is 13.8 Å². The highest BCUT2D eigenvalue weighted by molar-refractivity contribution is 5.80. The van der Waals surface area contributed by atoms with Crippen LogP contribution in [0.2, 0.25) is 0 Å². The Morgan fingerprint density at radius 3 is 2.40 bits per heavy atom. The Morgan fingerprint density at radius 1 is 1.30 bits per heavy atom. The van der Waals surface area contributed by atoms with Crippen molar-refractivity contribution < 1.29 is 9.53 Å². The molecule has 1 N–H and O–H groups in total. The van der Waals surface area contributed by atoms with E-state index in [1.165, 1.54) is 19.3 Å². The van der Waals surface area contributed by atoms with Gasteiger partial charge in [-0.25, -0.2) is 0 Å². The van der Waals surface area contributed by atoms with Crippen molar-refractivity contribution in [2.24, 2.45) is 11.8 Å². The number of rotatable bonds is 6. The second-order valence-corrected chi connectivity index (χ2v) is 7.11. The summed E-state index contributed by atoms with van der Waals surface area (Å²) >= 11 is 0. The smallest absolute Gasteiger partial charge is 0.327 e. The van der Waals surface area contributed by atoms with Crippen molar-refractivity contribution in [2.45, 2.75) is 58.5 Å². The van der Waals surface area contributed by atoms with Gasteiger partial charge in [0.2, 0.25) is 0 Å². The van der Waals surface area contributed by atoms with Crippen LogP contribution in [0.15, 0.2) is 0 Å². The molecule has 20 heavy (non-hydrogen) atoms. The summed E-state index contributed by atoms with van der Waals surface area (Å²) in [6.07, 6.45) is 3.66. The first-order valence-electron chi connectivity index (χ1n) is 8.10. The first-order chi connectivity index (χ1) is 9.43. The molecule has 0 spiro atoms. The normalized spacial score (nSPS) is 30.8. The van der Waals surface area contributed by atoms with Gasteiger partial charge in [-0.2, -0.15) is 0 Å². The highest BCUT2D eigenvalue weighted by Gasteiger charge is 2.41. The Kier molecular flexibility index (Phi) is 5.08. The van der Waals surface area contributed by atoms with E-state index in [4.69, 9.17) is 4.74 Å². The first kappa shape index (κ1) is 15.8. The molecule has 2 aliphatic rings. The zero-order chi connectivity index (χ0) is 14.8. The molecule has 1 saturated heterocycles. The maximum absolute atomic E-state index is 12.4. The average molecular weight is 282 g/mol. The van der Waals surface area contributed by atoms with E-state index in [0.717, 1.165) is 19.6 Å². The third-order valence-electron chi connectivity index (χ3n) is 4.31. The molecule has 0 aromatic heterocycles. The highest BCUT2D eigenvalue weighted by atomic mass is 16.5. The summed E-state index contributed by atoms with van der Waals surface area (Å²) in [4.78, 5) is 14.8. The van der Waals surface area contributed by atoms with E-state index in [1.54, 1.807) is 0 Å². The Hall–Kier alpha value is -0.610. The molecule has 0 amide bonds. The fourth-order valence-corrected chi connectivity index (χ4v) is 3.51. The lowest BCUT2D eigenvalue weighted by Crippen LogP contribution is -2.59. The number of carbonyl (C=O) groups excluding carboxylic acids is 1. The van der Waals surface area contributed by atoms with E-state index in [2.05, 4.69) is 24.1 Å².